The van der Waals surface area contributed by atoms with Crippen molar-refractivity contribution in [2.75, 3.05) is 0 Å². The zero-order valence-corrected chi connectivity index (χ0v) is 8.74. The van der Waals surface area contributed by atoms with Crippen LogP contribution in [0.1, 0.15) is 34.6 Å². The average Bonchev–Trinajstić information content (AvgIpc) is 1.85. The van der Waals surface area contributed by atoms with E-state index in [0.717, 1.165) is 6.04 Å². The van der Waals surface area contributed by atoms with Crippen molar-refractivity contribution in [1.29, 1.82) is 0 Å². The van der Waals surface area contributed by atoms with Crippen molar-refractivity contribution in [3.05, 3.63) is 0 Å². The Kier molecular flexibility index (Phi) is 3.56. The van der Waals surface area contributed by atoms with Crippen molar-refractivity contribution in [3.8, 4) is 0 Å². The first-order valence-electron chi connectivity index (χ1n) is 4.14. The molecule has 0 unspecified atom stereocenters. The highest BCUT2D eigenvalue weighted by Gasteiger charge is 2.39. The summed E-state index contributed by atoms with van der Waals surface area (Å²) in [6.07, 6.45) is 0. The largest absolute Gasteiger partial charge is 0.313 e. The van der Waals surface area contributed by atoms with Gasteiger partial charge < -0.3 is 4.11 Å². The molecule has 0 rings (SSSR count). The lowest BCUT2D eigenvalue weighted by Gasteiger charge is -2.28. The fraction of sp³-hybridized carbons (Fsp3) is 1.00. The van der Waals surface area contributed by atoms with Gasteiger partial charge in [0.25, 0.3) is 8.41 Å². The maximum atomic E-state index is 13.9. The highest BCUT2D eigenvalue weighted by molar-refractivity contribution is 6.75. The van der Waals surface area contributed by atoms with Gasteiger partial charge in [-0.3, -0.25) is 0 Å². The first-order valence-corrected chi connectivity index (χ1v) is 6.38. The summed E-state index contributed by atoms with van der Waals surface area (Å²) in [5.41, 5.74) is 0.551. The highest BCUT2D eigenvalue weighted by atomic mass is 28.4. The van der Waals surface area contributed by atoms with E-state index in [0.29, 0.717) is 0 Å². The lowest BCUT2D eigenvalue weighted by Crippen LogP contribution is -2.34. The first kappa shape index (κ1) is 10.1. The third kappa shape index (κ3) is 1.81. The van der Waals surface area contributed by atoms with E-state index >= 15 is 0 Å². The SMILES string of the molecule is CC[Si](F)(C(C)C)C(C)C. The van der Waals surface area contributed by atoms with Crippen molar-refractivity contribution in [1.82, 2.24) is 0 Å². The zero-order valence-electron chi connectivity index (χ0n) is 7.74. The van der Waals surface area contributed by atoms with Crippen LogP contribution in [0.3, 0.4) is 0 Å². The Balaban J connectivity index is 4.23. The van der Waals surface area contributed by atoms with Gasteiger partial charge in [0.1, 0.15) is 0 Å². The lowest BCUT2D eigenvalue weighted by atomic mass is 10.5. The van der Waals surface area contributed by atoms with Crippen LogP contribution in [0.4, 0.5) is 4.11 Å². The highest BCUT2D eigenvalue weighted by Crippen LogP contribution is 2.36. The Hall–Kier alpha value is 0.147. The van der Waals surface area contributed by atoms with Crippen LogP contribution in [0.5, 0.6) is 0 Å². The molecule has 0 N–H and O–H groups in total. The van der Waals surface area contributed by atoms with E-state index in [9.17, 15) is 4.11 Å². The van der Waals surface area contributed by atoms with Crippen LogP contribution in [-0.4, -0.2) is 8.41 Å². The van der Waals surface area contributed by atoms with Crippen molar-refractivity contribution in [3.63, 3.8) is 0 Å². The second kappa shape index (κ2) is 3.51. The fourth-order valence-electron chi connectivity index (χ4n) is 1.48. The molecule has 0 fully saturated rings. The third-order valence-corrected chi connectivity index (χ3v) is 7.38. The second-order valence-corrected chi connectivity index (χ2v) is 8.46. The lowest BCUT2D eigenvalue weighted by molar-refractivity contribution is 0.669. The number of hydrogen-bond acceptors (Lipinski definition) is 0. The van der Waals surface area contributed by atoms with Crippen molar-refractivity contribution in [2.45, 2.75) is 51.7 Å². The van der Waals surface area contributed by atoms with Gasteiger partial charge in [0.2, 0.25) is 0 Å². The van der Waals surface area contributed by atoms with Crippen LogP contribution in [0, 0.1) is 0 Å². The average molecular weight is 162 g/mol. The molecule has 0 aliphatic rings. The molecule has 0 spiro atoms. The smallest absolute Gasteiger partial charge is 0.251 e. The standard InChI is InChI=1S/C8H19FSi/c1-6-10(9,7(2)3)8(4)5/h7-8H,6H2,1-5H3. The van der Waals surface area contributed by atoms with E-state index in [1.807, 2.05) is 34.6 Å². The maximum absolute atomic E-state index is 13.9. The van der Waals surface area contributed by atoms with Crippen LogP contribution >= 0.6 is 0 Å². The predicted octanol–water partition coefficient (Wildman–Crippen LogP) is 3.74. The molecule has 0 radical (unpaired) electrons. The molecule has 0 atom stereocenters. The molecule has 0 saturated carbocycles. The van der Waals surface area contributed by atoms with E-state index in [1.54, 1.807) is 0 Å². The molecule has 2 heteroatoms. The Bertz CT molecular complexity index is 91.4. The summed E-state index contributed by atoms with van der Waals surface area (Å²) in [5, 5.41) is 0. The molecular weight excluding hydrogens is 143 g/mol. The van der Waals surface area contributed by atoms with Gasteiger partial charge in [0.15, 0.2) is 0 Å². The van der Waals surface area contributed by atoms with E-state index < -0.39 is 8.41 Å². The van der Waals surface area contributed by atoms with Crippen molar-refractivity contribution >= 4 is 8.41 Å². The van der Waals surface area contributed by atoms with Crippen LogP contribution in [-0.2, 0) is 0 Å². The zero-order chi connectivity index (χ0) is 8.36. The molecule has 0 saturated heterocycles. The molecular formula is C8H19FSi. The molecule has 62 valence electrons. The van der Waals surface area contributed by atoms with E-state index in [4.69, 9.17) is 0 Å². The summed E-state index contributed by atoms with van der Waals surface area (Å²) < 4.78 is 13.9. The molecule has 0 amide bonds. The predicted molar refractivity (Wildman–Crippen MR) is 47.5 cm³/mol. The van der Waals surface area contributed by atoms with Crippen LogP contribution in [0.2, 0.25) is 17.1 Å². The molecule has 0 aromatic heterocycles. The summed E-state index contributed by atoms with van der Waals surface area (Å²) in [6.45, 7) is 10.0. The van der Waals surface area contributed by atoms with Gasteiger partial charge in [0, 0.05) is 0 Å². The third-order valence-electron chi connectivity index (χ3n) is 2.46. The minimum Gasteiger partial charge on any atom is -0.313 e. The van der Waals surface area contributed by atoms with Gasteiger partial charge >= 0.3 is 0 Å². The van der Waals surface area contributed by atoms with Crippen LogP contribution < -0.4 is 0 Å². The quantitative estimate of drug-likeness (QED) is 0.438. The van der Waals surface area contributed by atoms with Gasteiger partial charge in [-0.1, -0.05) is 34.6 Å². The summed E-state index contributed by atoms with van der Waals surface area (Å²) in [7, 11) is -2.38. The minimum atomic E-state index is -2.38. The molecule has 10 heavy (non-hydrogen) atoms. The van der Waals surface area contributed by atoms with Gasteiger partial charge in [-0.2, -0.15) is 0 Å². The van der Waals surface area contributed by atoms with E-state index in [1.165, 1.54) is 0 Å². The van der Waals surface area contributed by atoms with Crippen molar-refractivity contribution < 1.29 is 4.11 Å². The number of hydrogen-bond donors (Lipinski definition) is 0. The molecule has 0 bridgehead atoms. The Morgan fingerprint density at radius 1 is 1.10 bits per heavy atom. The van der Waals surface area contributed by atoms with Crippen molar-refractivity contribution in [2.24, 2.45) is 0 Å². The Morgan fingerprint density at radius 2 is 1.40 bits per heavy atom. The first-order chi connectivity index (χ1) is 4.45. The fourth-order valence-corrected chi connectivity index (χ4v) is 4.45. The van der Waals surface area contributed by atoms with Crippen LogP contribution in [0.15, 0.2) is 0 Å². The normalized spacial score (nSPS) is 13.2. The maximum Gasteiger partial charge on any atom is 0.251 e. The topological polar surface area (TPSA) is 0 Å². The molecule has 0 heterocycles. The molecule has 0 aromatic carbocycles. The van der Waals surface area contributed by atoms with Gasteiger partial charge in [-0.15, -0.1) is 0 Å². The Labute approximate surface area is 65.0 Å². The summed E-state index contributed by atoms with van der Waals surface area (Å²) >= 11 is 0. The molecule has 0 aromatic rings. The Morgan fingerprint density at radius 3 is 1.40 bits per heavy atom. The minimum absolute atomic E-state index is 0.275. The van der Waals surface area contributed by atoms with Crippen LogP contribution in [0.25, 0.3) is 0 Å². The van der Waals surface area contributed by atoms with E-state index in [-0.39, 0.29) is 11.1 Å². The van der Waals surface area contributed by atoms with Gasteiger partial charge in [-0.05, 0) is 17.1 Å². The molecule has 0 nitrogen and oxygen atoms in total. The second-order valence-electron chi connectivity index (χ2n) is 3.59. The van der Waals surface area contributed by atoms with Gasteiger partial charge in [0.05, 0.1) is 0 Å². The molecule has 0 aliphatic heterocycles. The summed E-state index contributed by atoms with van der Waals surface area (Å²) in [5.74, 6) is 0. The number of rotatable bonds is 3. The summed E-state index contributed by atoms with van der Waals surface area (Å²) in [4.78, 5) is 0. The summed E-state index contributed by atoms with van der Waals surface area (Å²) in [6, 6.07) is 0.766. The van der Waals surface area contributed by atoms with E-state index in [2.05, 4.69) is 0 Å². The molecule has 0 aliphatic carbocycles. The monoisotopic (exact) mass is 162 g/mol. The van der Waals surface area contributed by atoms with Gasteiger partial charge in [-0.25, -0.2) is 0 Å². The number of halogens is 1.